The van der Waals surface area contributed by atoms with Gasteiger partial charge in [-0.2, -0.15) is 5.11 Å². The van der Waals surface area contributed by atoms with Crippen LogP contribution in [-0.2, 0) is 4.84 Å². The average molecular weight is 102 g/mol. The van der Waals surface area contributed by atoms with Gasteiger partial charge in [-0.1, -0.05) is 0 Å². The van der Waals surface area contributed by atoms with Crippen molar-refractivity contribution in [2.45, 2.75) is 20.0 Å². The molecule has 0 aliphatic rings. The van der Waals surface area contributed by atoms with Crippen LogP contribution in [0.2, 0.25) is 0 Å². The van der Waals surface area contributed by atoms with Gasteiger partial charge in [0.2, 0.25) is 0 Å². The zero-order valence-corrected chi connectivity index (χ0v) is 4.88. The summed E-state index contributed by atoms with van der Waals surface area (Å²) in [6, 6.07) is 0. The zero-order valence-electron chi connectivity index (χ0n) is 4.88. The summed E-state index contributed by atoms with van der Waals surface area (Å²) in [4.78, 5) is 4.65. The number of hydrogen-bond donors (Lipinski definition) is 0. The lowest BCUT2D eigenvalue weighted by atomic mass is 10.5. The van der Waals surface area contributed by atoms with E-state index in [1.54, 1.807) is 7.05 Å². The highest BCUT2D eigenvalue weighted by molar-refractivity contribution is 4.27. The standard InChI is InChI=1S/C4H10N2O/c1-4(2)7-6-5-3/h4H,1-3H3. The molecule has 0 aromatic rings. The Hall–Kier alpha value is -0.600. The van der Waals surface area contributed by atoms with Crippen molar-refractivity contribution in [3.05, 3.63) is 0 Å². The summed E-state index contributed by atoms with van der Waals surface area (Å²) >= 11 is 0. The predicted molar refractivity (Wildman–Crippen MR) is 27.0 cm³/mol. The minimum Gasteiger partial charge on any atom is -0.377 e. The molecule has 7 heavy (non-hydrogen) atoms. The van der Waals surface area contributed by atoms with Crippen molar-refractivity contribution in [1.82, 2.24) is 0 Å². The van der Waals surface area contributed by atoms with Crippen molar-refractivity contribution in [3.63, 3.8) is 0 Å². The van der Waals surface area contributed by atoms with Crippen LogP contribution in [0.4, 0.5) is 0 Å². The van der Waals surface area contributed by atoms with Gasteiger partial charge in [-0.15, -0.1) is 0 Å². The van der Waals surface area contributed by atoms with Crippen molar-refractivity contribution < 1.29 is 4.84 Å². The van der Waals surface area contributed by atoms with Crippen LogP contribution in [0.3, 0.4) is 0 Å². The summed E-state index contributed by atoms with van der Waals surface area (Å²) in [6.45, 7) is 3.80. The molecule has 0 rings (SSSR count). The highest BCUT2D eigenvalue weighted by Gasteiger charge is 1.85. The van der Waals surface area contributed by atoms with Crippen LogP contribution in [0.15, 0.2) is 10.4 Å². The smallest absolute Gasteiger partial charge is 0.123 e. The summed E-state index contributed by atoms with van der Waals surface area (Å²) in [5, 5.41) is 6.67. The molecule has 0 aliphatic heterocycles. The highest BCUT2D eigenvalue weighted by atomic mass is 16.6. The van der Waals surface area contributed by atoms with Crippen molar-refractivity contribution in [2.75, 3.05) is 7.05 Å². The van der Waals surface area contributed by atoms with E-state index in [2.05, 4.69) is 15.2 Å². The molecule has 0 bridgehead atoms. The second kappa shape index (κ2) is 3.59. The molecule has 0 N–H and O–H groups in total. The highest BCUT2D eigenvalue weighted by Crippen LogP contribution is 1.86. The Morgan fingerprint density at radius 2 is 2.00 bits per heavy atom. The van der Waals surface area contributed by atoms with Gasteiger partial charge in [-0.3, -0.25) is 0 Å². The van der Waals surface area contributed by atoms with Crippen molar-refractivity contribution >= 4 is 0 Å². The Morgan fingerprint density at radius 3 is 2.14 bits per heavy atom. The van der Waals surface area contributed by atoms with Crippen molar-refractivity contribution in [2.24, 2.45) is 10.4 Å². The quantitative estimate of drug-likeness (QED) is 0.383. The van der Waals surface area contributed by atoms with E-state index in [-0.39, 0.29) is 6.10 Å². The van der Waals surface area contributed by atoms with E-state index in [1.807, 2.05) is 13.8 Å². The molecule has 0 saturated heterocycles. The molecule has 0 atom stereocenters. The lowest BCUT2D eigenvalue weighted by Gasteiger charge is -1.96. The third-order valence-electron chi connectivity index (χ3n) is 0.340. The Morgan fingerprint density at radius 1 is 1.43 bits per heavy atom. The van der Waals surface area contributed by atoms with Crippen LogP contribution in [0.25, 0.3) is 0 Å². The second-order valence-electron chi connectivity index (χ2n) is 1.44. The van der Waals surface area contributed by atoms with Crippen molar-refractivity contribution in [3.8, 4) is 0 Å². The minimum absolute atomic E-state index is 0.142. The average Bonchev–Trinajstić information content (AvgIpc) is 1.61. The molecule has 0 saturated carbocycles. The molecule has 0 heterocycles. The molecule has 0 amide bonds. The first kappa shape index (κ1) is 6.40. The molecule has 3 heteroatoms. The zero-order chi connectivity index (χ0) is 5.70. The summed E-state index contributed by atoms with van der Waals surface area (Å²) in [5.41, 5.74) is 0. The SMILES string of the molecule is CN=NOC(C)C. The molecule has 42 valence electrons. The largest absolute Gasteiger partial charge is 0.377 e. The summed E-state index contributed by atoms with van der Waals surface area (Å²) in [7, 11) is 1.57. The maximum Gasteiger partial charge on any atom is 0.123 e. The Bertz CT molecular complexity index is 60.7. The second-order valence-corrected chi connectivity index (χ2v) is 1.44. The fourth-order valence-electron chi connectivity index (χ4n) is 0.141. The van der Waals surface area contributed by atoms with Gasteiger partial charge in [0.05, 0.1) is 7.05 Å². The number of rotatable bonds is 2. The van der Waals surface area contributed by atoms with E-state index in [1.165, 1.54) is 0 Å². The van der Waals surface area contributed by atoms with Gasteiger partial charge < -0.3 is 4.84 Å². The van der Waals surface area contributed by atoms with E-state index in [4.69, 9.17) is 0 Å². The molecule has 0 unspecified atom stereocenters. The van der Waals surface area contributed by atoms with E-state index < -0.39 is 0 Å². The lowest BCUT2D eigenvalue weighted by Crippen LogP contribution is -1.93. The van der Waals surface area contributed by atoms with E-state index in [0.29, 0.717) is 0 Å². The monoisotopic (exact) mass is 102 g/mol. The van der Waals surface area contributed by atoms with Crippen LogP contribution >= 0.6 is 0 Å². The van der Waals surface area contributed by atoms with Gasteiger partial charge in [-0.05, 0) is 13.8 Å². The minimum atomic E-state index is 0.142. The van der Waals surface area contributed by atoms with E-state index in [9.17, 15) is 0 Å². The molecule has 0 aliphatic carbocycles. The van der Waals surface area contributed by atoms with E-state index >= 15 is 0 Å². The molecular formula is C4H10N2O. The molecule has 0 fully saturated rings. The van der Waals surface area contributed by atoms with Crippen LogP contribution in [0, 0.1) is 0 Å². The van der Waals surface area contributed by atoms with Crippen LogP contribution in [0.1, 0.15) is 13.8 Å². The fourth-order valence-corrected chi connectivity index (χ4v) is 0.141. The summed E-state index contributed by atoms with van der Waals surface area (Å²) in [6.07, 6.45) is 0.142. The molecule has 3 nitrogen and oxygen atoms in total. The first-order valence-electron chi connectivity index (χ1n) is 2.22. The van der Waals surface area contributed by atoms with E-state index in [0.717, 1.165) is 0 Å². The normalized spacial score (nSPS) is 10.9. The Labute approximate surface area is 43.3 Å². The third-order valence-corrected chi connectivity index (χ3v) is 0.340. The summed E-state index contributed by atoms with van der Waals surface area (Å²) < 4.78 is 0. The first-order valence-corrected chi connectivity index (χ1v) is 2.22. The van der Waals surface area contributed by atoms with Gasteiger partial charge >= 0.3 is 0 Å². The van der Waals surface area contributed by atoms with Gasteiger partial charge in [0, 0.05) is 5.28 Å². The lowest BCUT2D eigenvalue weighted by molar-refractivity contribution is 0.0686. The van der Waals surface area contributed by atoms with Gasteiger partial charge in [0.15, 0.2) is 0 Å². The molecule has 0 spiro atoms. The third kappa shape index (κ3) is 5.40. The van der Waals surface area contributed by atoms with Gasteiger partial charge in [-0.25, -0.2) is 0 Å². The molecular weight excluding hydrogens is 92.1 g/mol. The summed E-state index contributed by atoms with van der Waals surface area (Å²) in [5.74, 6) is 0. The van der Waals surface area contributed by atoms with Gasteiger partial charge in [0.25, 0.3) is 0 Å². The molecule has 0 aromatic carbocycles. The van der Waals surface area contributed by atoms with Crippen LogP contribution in [-0.4, -0.2) is 13.2 Å². The predicted octanol–water partition coefficient (Wildman–Crippen LogP) is 1.41. The molecule has 0 radical (unpaired) electrons. The maximum atomic E-state index is 4.65. The Kier molecular flexibility index (Phi) is 3.28. The number of nitrogens with zero attached hydrogens (tertiary/aromatic N) is 2. The van der Waals surface area contributed by atoms with Crippen molar-refractivity contribution in [1.29, 1.82) is 0 Å². The fraction of sp³-hybridized carbons (Fsp3) is 1.00. The number of hydrogen-bond acceptors (Lipinski definition) is 3. The Balaban J connectivity index is 2.97. The van der Waals surface area contributed by atoms with Gasteiger partial charge in [0.1, 0.15) is 6.10 Å². The molecule has 0 aromatic heterocycles. The van der Waals surface area contributed by atoms with Crippen LogP contribution in [0.5, 0.6) is 0 Å². The topological polar surface area (TPSA) is 34.0 Å². The van der Waals surface area contributed by atoms with Crippen LogP contribution < -0.4 is 0 Å². The maximum absolute atomic E-state index is 4.65. The first-order chi connectivity index (χ1) is 3.27.